The molecule has 13 heavy (non-hydrogen) atoms. The Morgan fingerprint density at radius 1 is 0.692 bits per heavy atom. The maximum absolute atomic E-state index is 3.94. The maximum Gasteiger partial charge on any atom is -0.0173 e. The van der Waals surface area contributed by atoms with Crippen LogP contribution in [0.2, 0.25) is 0 Å². The van der Waals surface area contributed by atoms with E-state index in [2.05, 4.69) is 25.3 Å². The zero-order valence-electron chi connectivity index (χ0n) is 8.67. The molecule has 0 radical (unpaired) electrons. The van der Waals surface area contributed by atoms with E-state index < -0.39 is 0 Å². The van der Waals surface area contributed by atoms with Crippen molar-refractivity contribution in [2.75, 3.05) is 0 Å². The normalized spacial score (nSPS) is 31.1. The highest BCUT2D eigenvalue weighted by atomic mass is 14.2. The van der Waals surface area contributed by atoms with E-state index in [1.54, 1.807) is 0 Å². The topological polar surface area (TPSA) is 0 Å². The Kier molecular flexibility index (Phi) is 4.88. The van der Waals surface area contributed by atoms with Gasteiger partial charge in [-0.3, -0.25) is 0 Å². The Balaban J connectivity index is 2.52. The standard InChI is InChI=1S/C13H22/c1-3-12-10-8-6-5-7-9-11-13(12)4-2/h3-4,12-13H,1-2,5-11H2. The fourth-order valence-electron chi connectivity index (χ4n) is 2.30. The van der Waals surface area contributed by atoms with Crippen molar-refractivity contribution in [1.29, 1.82) is 0 Å². The fraction of sp³-hybridized carbons (Fsp3) is 0.692. The van der Waals surface area contributed by atoms with Gasteiger partial charge in [0.25, 0.3) is 0 Å². The lowest BCUT2D eigenvalue weighted by molar-refractivity contribution is 0.414. The van der Waals surface area contributed by atoms with E-state index in [-0.39, 0.29) is 0 Å². The van der Waals surface area contributed by atoms with Crippen LogP contribution < -0.4 is 0 Å². The Hall–Kier alpha value is -0.520. The summed E-state index contributed by atoms with van der Waals surface area (Å²) < 4.78 is 0. The molecule has 1 fully saturated rings. The van der Waals surface area contributed by atoms with Gasteiger partial charge in [-0.15, -0.1) is 13.2 Å². The summed E-state index contributed by atoms with van der Waals surface area (Å²) >= 11 is 0. The molecule has 1 saturated carbocycles. The molecule has 0 heteroatoms. The average Bonchev–Trinajstić information content (AvgIpc) is 2.28. The molecule has 2 unspecified atom stereocenters. The summed E-state index contributed by atoms with van der Waals surface area (Å²) in [6, 6.07) is 0. The highest BCUT2D eigenvalue weighted by Gasteiger charge is 2.16. The van der Waals surface area contributed by atoms with E-state index >= 15 is 0 Å². The van der Waals surface area contributed by atoms with E-state index in [9.17, 15) is 0 Å². The van der Waals surface area contributed by atoms with Crippen molar-refractivity contribution < 1.29 is 0 Å². The lowest BCUT2D eigenvalue weighted by atomic mass is 9.85. The molecule has 0 aromatic rings. The zero-order valence-corrected chi connectivity index (χ0v) is 8.67. The third-order valence-corrected chi connectivity index (χ3v) is 3.23. The van der Waals surface area contributed by atoms with Gasteiger partial charge in [0.1, 0.15) is 0 Å². The molecule has 0 aromatic carbocycles. The molecule has 0 N–H and O–H groups in total. The summed E-state index contributed by atoms with van der Waals surface area (Å²) in [7, 11) is 0. The molecule has 1 aliphatic rings. The molecule has 1 aliphatic carbocycles. The quantitative estimate of drug-likeness (QED) is 0.552. The van der Waals surface area contributed by atoms with Gasteiger partial charge in [0.05, 0.1) is 0 Å². The SMILES string of the molecule is C=CC1CCCCCCCC1C=C. The van der Waals surface area contributed by atoms with Crippen molar-refractivity contribution in [2.24, 2.45) is 11.8 Å². The number of hydrogen-bond acceptors (Lipinski definition) is 0. The summed E-state index contributed by atoms with van der Waals surface area (Å²) in [5.41, 5.74) is 0. The summed E-state index contributed by atoms with van der Waals surface area (Å²) in [6.07, 6.45) is 13.9. The van der Waals surface area contributed by atoms with Gasteiger partial charge in [0.15, 0.2) is 0 Å². The predicted octanol–water partition coefficient (Wildman–Crippen LogP) is 4.34. The minimum atomic E-state index is 0.690. The van der Waals surface area contributed by atoms with Crippen molar-refractivity contribution in [1.82, 2.24) is 0 Å². The van der Waals surface area contributed by atoms with Crippen LogP contribution in [0.4, 0.5) is 0 Å². The van der Waals surface area contributed by atoms with Crippen LogP contribution in [0.3, 0.4) is 0 Å². The van der Waals surface area contributed by atoms with Crippen LogP contribution in [0, 0.1) is 11.8 Å². The molecular formula is C13H22. The van der Waals surface area contributed by atoms with Gasteiger partial charge in [-0.25, -0.2) is 0 Å². The highest BCUT2D eigenvalue weighted by molar-refractivity contribution is 4.93. The van der Waals surface area contributed by atoms with Crippen molar-refractivity contribution in [3.05, 3.63) is 25.3 Å². The summed E-state index contributed by atoms with van der Waals surface area (Å²) in [5, 5.41) is 0. The van der Waals surface area contributed by atoms with Crippen LogP contribution in [0.25, 0.3) is 0 Å². The van der Waals surface area contributed by atoms with Crippen LogP contribution in [0.15, 0.2) is 25.3 Å². The zero-order chi connectivity index (χ0) is 9.52. The molecule has 74 valence electrons. The molecule has 0 aromatic heterocycles. The van der Waals surface area contributed by atoms with Crippen LogP contribution >= 0.6 is 0 Å². The molecule has 0 heterocycles. The molecule has 0 amide bonds. The van der Waals surface area contributed by atoms with Crippen molar-refractivity contribution >= 4 is 0 Å². The Labute approximate surface area is 82.7 Å². The van der Waals surface area contributed by atoms with Gasteiger partial charge in [0.2, 0.25) is 0 Å². The second-order valence-corrected chi connectivity index (χ2v) is 4.14. The Bertz CT molecular complexity index is 139. The summed E-state index contributed by atoms with van der Waals surface area (Å²) in [5.74, 6) is 1.38. The van der Waals surface area contributed by atoms with Crippen LogP contribution in [-0.4, -0.2) is 0 Å². The van der Waals surface area contributed by atoms with Gasteiger partial charge in [-0.05, 0) is 24.7 Å². The first-order chi connectivity index (χ1) is 6.38. The first kappa shape index (κ1) is 10.6. The van der Waals surface area contributed by atoms with Crippen molar-refractivity contribution in [2.45, 2.75) is 44.9 Å². The van der Waals surface area contributed by atoms with Gasteiger partial charge < -0.3 is 0 Å². The lowest BCUT2D eigenvalue weighted by Gasteiger charge is -2.19. The van der Waals surface area contributed by atoms with Crippen LogP contribution in [-0.2, 0) is 0 Å². The molecule has 1 rings (SSSR count). The van der Waals surface area contributed by atoms with E-state index in [1.165, 1.54) is 44.9 Å². The Morgan fingerprint density at radius 2 is 1.08 bits per heavy atom. The molecule has 0 spiro atoms. The van der Waals surface area contributed by atoms with Gasteiger partial charge >= 0.3 is 0 Å². The second kappa shape index (κ2) is 6.01. The van der Waals surface area contributed by atoms with Gasteiger partial charge in [-0.2, -0.15) is 0 Å². The largest absolute Gasteiger partial charge is 0.103 e. The highest BCUT2D eigenvalue weighted by Crippen LogP contribution is 2.28. The summed E-state index contributed by atoms with van der Waals surface area (Å²) in [6.45, 7) is 7.88. The maximum atomic E-state index is 3.94. The molecule has 0 aliphatic heterocycles. The van der Waals surface area contributed by atoms with E-state index in [4.69, 9.17) is 0 Å². The van der Waals surface area contributed by atoms with Gasteiger partial charge in [0, 0.05) is 0 Å². The monoisotopic (exact) mass is 178 g/mol. The van der Waals surface area contributed by atoms with Crippen LogP contribution in [0.1, 0.15) is 44.9 Å². The first-order valence-electron chi connectivity index (χ1n) is 5.63. The molecule has 2 atom stereocenters. The number of allylic oxidation sites excluding steroid dienone is 2. The van der Waals surface area contributed by atoms with E-state index in [1.807, 2.05) is 0 Å². The van der Waals surface area contributed by atoms with Gasteiger partial charge in [-0.1, -0.05) is 44.3 Å². The second-order valence-electron chi connectivity index (χ2n) is 4.14. The average molecular weight is 178 g/mol. The fourth-order valence-corrected chi connectivity index (χ4v) is 2.30. The van der Waals surface area contributed by atoms with Crippen molar-refractivity contribution in [3.63, 3.8) is 0 Å². The van der Waals surface area contributed by atoms with E-state index in [0.717, 1.165) is 0 Å². The third-order valence-electron chi connectivity index (χ3n) is 3.23. The Morgan fingerprint density at radius 3 is 1.46 bits per heavy atom. The minimum Gasteiger partial charge on any atom is -0.103 e. The van der Waals surface area contributed by atoms with Crippen molar-refractivity contribution in [3.8, 4) is 0 Å². The smallest absolute Gasteiger partial charge is 0.0173 e. The first-order valence-corrected chi connectivity index (χ1v) is 5.63. The summed E-state index contributed by atoms with van der Waals surface area (Å²) in [4.78, 5) is 0. The molecule has 0 bridgehead atoms. The predicted molar refractivity (Wildman–Crippen MR) is 59.7 cm³/mol. The molecule has 0 saturated heterocycles. The molecule has 0 nitrogen and oxygen atoms in total. The number of rotatable bonds is 2. The van der Waals surface area contributed by atoms with E-state index in [0.29, 0.717) is 11.8 Å². The minimum absolute atomic E-state index is 0.690. The lowest BCUT2D eigenvalue weighted by Crippen LogP contribution is -2.09. The third kappa shape index (κ3) is 3.38. The number of hydrogen-bond donors (Lipinski definition) is 0. The molecular weight excluding hydrogens is 156 g/mol. The van der Waals surface area contributed by atoms with Crippen LogP contribution in [0.5, 0.6) is 0 Å².